The Morgan fingerprint density at radius 2 is 2.00 bits per heavy atom. The van der Waals surface area contributed by atoms with Crippen LogP contribution in [0.5, 0.6) is 0 Å². The number of benzene rings is 2. The molecule has 0 radical (unpaired) electrons. The van der Waals surface area contributed by atoms with Gasteiger partial charge in [0.05, 0.1) is 11.8 Å². The van der Waals surface area contributed by atoms with Gasteiger partial charge < -0.3 is 10.2 Å². The van der Waals surface area contributed by atoms with E-state index in [1.807, 2.05) is 67.1 Å². The second-order valence-corrected chi connectivity index (χ2v) is 8.82. The van der Waals surface area contributed by atoms with Crippen LogP contribution in [0.4, 0.5) is 5.69 Å². The van der Waals surface area contributed by atoms with E-state index in [-0.39, 0.29) is 18.4 Å². The number of carbonyl (C=O) groups excluding carboxylic acids is 2. The number of carbonyl (C=O) groups is 2. The molecule has 1 heterocycles. The van der Waals surface area contributed by atoms with Gasteiger partial charge in [0, 0.05) is 35.8 Å². The number of rotatable bonds is 8. The van der Waals surface area contributed by atoms with Gasteiger partial charge in [0.1, 0.15) is 0 Å². The van der Waals surface area contributed by atoms with Gasteiger partial charge in [0.25, 0.3) is 0 Å². The zero-order valence-electron chi connectivity index (χ0n) is 17.7. The number of nitrogens with zero attached hydrogens (tertiary/aromatic N) is 3. The third-order valence-corrected chi connectivity index (χ3v) is 6.06. The largest absolute Gasteiger partial charge is 0.335 e. The topological polar surface area (TPSA) is 67.2 Å². The van der Waals surface area contributed by atoms with Crippen LogP contribution >= 0.6 is 23.4 Å². The zero-order chi connectivity index (χ0) is 22.4. The van der Waals surface area contributed by atoms with Crippen LogP contribution in [0.3, 0.4) is 0 Å². The highest BCUT2D eigenvalue weighted by atomic mass is 35.5. The molecule has 3 rings (SSSR count). The molecule has 0 aliphatic rings. The molecule has 0 aliphatic carbocycles. The highest BCUT2D eigenvalue weighted by Gasteiger charge is 2.23. The maximum absolute atomic E-state index is 12.8. The minimum Gasteiger partial charge on any atom is -0.335 e. The van der Waals surface area contributed by atoms with E-state index in [1.165, 1.54) is 16.7 Å². The van der Waals surface area contributed by atoms with Crippen molar-refractivity contribution in [3.63, 3.8) is 0 Å². The average Bonchev–Trinajstić information content (AvgIpc) is 3.21. The van der Waals surface area contributed by atoms with Crippen molar-refractivity contribution in [2.45, 2.75) is 30.7 Å². The fourth-order valence-corrected chi connectivity index (χ4v) is 4.33. The first kappa shape index (κ1) is 22.9. The van der Waals surface area contributed by atoms with E-state index < -0.39 is 5.25 Å². The number of hydrogen-bond donors (Lipinski definition) is 1. The molecule has 0 aliphatic heterocycles. The van der Waals surface area contributed by atoms with Crippen LogP contribution < -0.4 is 5.32 Å². The summed E-state index contributed by atoms with van der Waals surface area (Å²) in [6, 6.07) is 15.1. The molecule has 1 N–H and O–H groups in total. The van der Waals surface area contributed by atoms with Crippen molar-refractivity contribution in [1.82, 2.24) is 14.5 Å². The van der Waals surface area contributed by atoms with E-state index in [0.29, 0.717) is 10.2 Å². The third kappa shape index (κ3) is 5.89. The average molecular weight is 457 g/mol. The number of aromatic nitrogens is 2. The maximum Gasteiger partial charge on any atom is 0.243 e. The summed E-state index contributed by atoms with van der Waals surface area (Å²) in [5, 5.41) is 3.79. The molecule has 1 aromatic heterocycles. The molecule has 0 bridgehead atoms. The predicted octanol–water partition coefficient (Wildman–Crippen LogP) is 4.67. The summed E-state index contributed by atoms with van der Waals surface area (Å²) in [5.74, 6) is -0.376. The molecule has 162 valence electrons. The Morgan fingerprint density at radius 3 is 2.74 bits per heavy atom. The predicted molar refractivity (Wildman–Crippen MR) is 126 cm³/mol. The maximum atomic E-state index is 12.8. The monoisotopic (exact) mass is 456 g/mol. The SMILES string of the molecule is CCc1ccccc1NC(=O)CN(C)C(=O)[C@H](C)Sc1nccn1-c1cccc(Cl)c1. The summed E-state index contributed by atoms with van der Waals surface area (Å²) in [7, 11) is 1.63. The molecule has 3 aromatic rings. The summed E-state index contributed by atoms with van der Waals surface area (Å²) in [6.07, 6.45) is 4.33. The Bertz CT molecular complexity index is 1070. The van der Waals surface area contributed by atoms with Gasteiger partial charge in [0.2, 0.25) is 11.8 Å². The highest BCUT2D eigenvalue weighted by molar-refractivity contribution is 8.00. The lowest BCUT2D eigenvalue weighted by Crippen LogP contribution is -2.39. The summed E-state index contributed by atoms with van der Waals surface area (Å²) in [6.45, 7) is 3.82. The molecule has 0 unspecified atom stereocenters. The van der Waals surface area contributed by atoms with Gasteiger partial charge in [-0.2, -0.15) is 0 Å². The number of likely N-dealkylation sites (N-methyl/N-ethyl adjacent to an activating group) is 1. The van der Waals surface area contributed by atoms with Crippen molar-refractivity contribution in [1.29, 1.82) is 0 Å². The van der Waals surface area contributed by atoms with Crippen molar-refractivity contribution in [3.05, 3.63) is 71.5 Å². The Balaban J connectivity index is 1.61. The molecular weight excluding hydrogens is 432 g/mol. The first-order valence-corrected chi connectivity index (χ1v) is 11.2. The molecule has 6 nitrogen and oxygen atoms in total. The van der Waals surface area contributed by atoms with Crippen LogP contribution in [0.15, 0.2) is 66.1 Å². The van der Waals surface area contributed by atoms with Crippen molar-refractivity contribution >= 4 is 40.9 Å². The van der Waals surface area contributed by atoms with Crippen LogP contribution in [0.1, 0.15) is 19.4 Å². The van der Waals surface area contributed by atoms with Crippen molar-refractivity contribution in [2.75, 3.05) is 18.9 Å². The number of anilines is 1. The summed E-state index contributed by atoms with van der Waals surface area (Å²) in [4.78, 5) is 31.1. The minimum absolute atomic E-state index is 0.0233. The lowest BCUT2D eigenvalue weighted by atomic mass is 10.1. The lowest BCUT2D eigenvalue weighted by molar-refractivity contribution is -0.132. The smallest absolute Gasteiger partial charge is 0.243 e. The normalized spacial score (nSPS) is 11.7. The Morgan fingerprint density at radius 1 is 1.23 bits per heavy atom. The Hall–Kier alpha value is -2.77. The van der Waals surface area contributed by atoms with Crippen molar-refractivity contribution in [2.24, 2.45) is 0 Å². The van der Waals surface area contributed by atoms with Crippen LogP contribution in [0, 0.1) is 0 Å². The number of amides is 2. The second-order valence-electron chi connectivity index (χ2n) is 7.07. The summed E-state index contributed by atoms with van der Waals surface area (Å²) >= 11 is 7.44. The van der Waals surface area contributed by atoms with Gasteiger partial charge in [-0.15, -0.1) is 0 Å². The molecule has 0 saturated carbocycles. The number of nitrogens with one attached hydrogen (secondary N) is 1. The fraction of sp³-hybridized carbons (Fsp3) is 0.261. The van der Waals surface area contributed by atoms with Crippen molar-refractivity contribution < 1.29 is 9.59 Å². The molecule has 0 saturated heterocycles. The van der Waals surface area contributed by atoms with E-state index in [0.717, 1.165) is 23.4 Å². The molecule has 1 atom stereocenters. The molecule has 0 fully saturated rings. The standard InChI is InChI=1S/C23H25ClN4O2S/c1-4-17-8-5-6-11-20(17)26-21(29)15-27(3)22(30)16(2)31-23-25-12-13-28(23)19-10-7-9-18(24)14-19/h5-14,16H,4,15H2,1-3H3,(H,26,29)/t16-/m0/s1. The number of imidazole rings is 1. The highest BCUT2D eigenvalue weighted by Crippen LogP contribution is 2.26. The minimum atomic E-state index is -0.416. The van der Waals surface area contributed by atoms with Crippen LogP contribution in [-0.2, 0) is 16.0 Å². The quantitative estimate of drug-likeness (QED) is 0.500. The van der Waals surface area contributed by atoms with E-state index in [2.05, 4.69) is 10.3 Å². The number of hydrogen-bond acceptors (Lipinski definition) is 4. The first-order valence-electron chi connectivity index (χ1n) is 9.97. The lowest BCUT2D eigenvalue weighted by Gasteiger charge is -2.21. The van der Waals surface area contributed by atoms with Gasteiger partial charge in [-0.25, -0.2) is 4.98 Å². The van der Waals surface area contributed by atoms with E-state index in [9.17, 15) is 9.59 Å². The molecular formula is C23H25ClN4O2S. The Kier molecular flexibility index (Phi) is 7.76. The van der Waals surface area contributed by atoms with Crippen molar-refractivity contribution in [3.8, 4) is 5.69 Å². The Labute approximate surface area is 191 Å². The molecule has 2 aromatic carbocycles. The summed E-state index contributed by atoms with van der Waals surface area (Å²) < 4.78 is 1.88. The van der Waals surface area contributed by atoms with E-state index >= 15 is 0 Å². The number of halogens is 1. The van der Waals surface area contributed by atoms with Crippen LogP contribution in [0.25, 0.3) is 5.69 Å². The third-order valence-electron chi connectivity index (χ3n) is 4.75. The molecule has 8 heteroatoms. The summed E-state index contributed by atoms with van der Waals surface area (Å²) in [5.41, 5.74) is 2.71. The van der Waals surface area contributed by atoms with E-state index in [1.54, 1.807) is 19.3 Å². The van der Waals surface area contributed by atoms with Gasteiger partial charge >= 0.3 is 0 Å². The molecule has 2 amide bonds. The van der Waals surface area contributed by atoms with Gasteiger partial charge in [-0.3, -0.25) is 14.2 Å². The number of thioether (sulfide) groups is 1. The molecule has 0 spiro atoms. The van der Waals surface area contributed by atoms with Crippen LogP contribution in [-0.4, -0.2) is 45.1 Å². The number of aryl methyl sites for hydroxylation is 1. The van der Waals surface area contributed by atoms with Gasteiger partial charge in [0.15, 0.2) is 5.16 Å². The van der Waals surface area contributed by atoms with E-state index in [4.69, 9.17) is 11.6 Å². The molecule has 31 heavy (non-hydrogen) atoms. The van der Waals surface area contributed by atoms with Gasteiger partial charge in [-0.1, -0.05) is 54.6 Å². The second kappa shape index (κ2) is 10.5. The van der Waals surface area contributed by atoms with Crippen LogP contribution in [0.2, 0.25) is 5.02 Å². The fourth-order valence-electron chi connectivity index (χ4n) is 3.15. The van der Waals surface area contributed by atoms with Gasteiger partial charge in [-0.05, 0) is 43.2 Å². The first-order chi connectivity index (χ1) is 14.9. The zero-order valence-corrected chi connectivity index (χ0v) is 19.3. The number of para-hydroxylation sites is 1.